The summed E-state index contributed by atoms with van der Waals surface area (Å²) in [7, 11) is 0. The molecule has 0 radical (unpaired) electrons. The Bertz CT molecular complexity index is 840. The second kappa shape index (κ2) is 7.47. The van der Waals surface area contributed by atoms with Gasteiger partial charge < -0.3 is 9.73 Å². The van der Waals surface area contributed by atoms with Gasteiger partial charge in [0.2, 0.25) is 11.8 Å². The molecule has 0 spiro atoms. The summed E-state index contributed by atoms with van der Waals surface area (Å²) >= 11 is 0. The van der Waals surface area contributed by atoms with Crippen molar-refractivity contribution in [1.29, 1.82) is 0 Å². The van der Waals surface area contributed by atoms with Crippen LogP contribution in [0.25, 0.3) is 11.1 Å². The molecule has 0 fully saturated rings. The Morgan fingerprint density at radius 3 is 2.60 bits per heavy atom. The highest BCUT2D eigenvalue weighted by Gasteiger charge is 2.22. The molecular formula is C20H21FN2O2. The van der Waals surface area contributed by atoms with Gasteiger partial charge in [-0.15, -0.1) is 0 Å². The van der Waals surface area contributed by atoms with E-state index in [1.807, 2.05) is 24.3 Å². The number of fused-ring (bicyclic) bond motifs is 1. The fourth-order valence-corrected chi connectivity index (χ4v) is 2.79. The van der Waals surface area contributed by atoms with E-state index in [2.05, 4.69) is 24.1 Å². The molecule has 1 amide bonds. The quantitative estimate of drug-likeness (QED) is 0.723. The molecule has 25 heavy (non-hydrogen) atoms. The van der Waals surface area contributed by atoms with Crippen molar-refractivity contribution in [2.24, 2.45) is 5.92 Å². The largest absolute Gasteiger partial charge is 0.438 e. The maximum atomic E-state index is 13.7. The van der Waals surface area contributed by atoms with Crippen LogP contribution in [0.2, 0.25) is 0 Å². The number of rotatable bonds is 6. The van der Waals surface area contributed by atoms with E-state index >= 15 is 0 Å². The third-order valence-corrected chi connectivity index (χ3v) is 3.96. The molecule has 0 bridgehead atoms. The molecule has 0 aliphatic heterocycles. The molecule has 0 aliphatic rings. The monoisotopic (exact) mass is 340 g/mol. The van der Waals surface area contributed by atoms with Gasteiger partial charge in [-0.3, -0.25) is 4.79 Å². The molecule has 0 saturated heterocycles. The molecule has 1 heterocycles. The fourth-order valence-electron chi connectivity index (χ4n) is 2.79. The lowest BCUT2D eigenvalue weighted by atomic mass is 10.0. The summed E-state index contributed by atoms with van der Waals surface area (Å²) in [5.41, 5.74) is 1.82. The van der Waals surface area contributed by atoms with Gasteiger partial charge in [0.05, 0.1) is 6.42 Å². The summed E-state index contributed by atoms with van der Waals surface area (Å²) in [4.78, 5) is 16.9. The zero-order valence-corrected chi connectivity index (χ0v) is 14.3. The number of amides is 1. The number of carbonyl (C=O) groups excluding carboxylic acids is 1. The van der Waals surface area contributed by atoms with Gasteiger partial charge >= 0.3 is 0 Å². The third kappa shape index (κ3) is 4.24. The predicted molar refractivity (Wildman–Crippen MR) is 94.5 cm³/mol. The molecule has 3 rings (SSSR count). The van der Waals surface area contributed by atoms with Gasteiger partial charge in [0, 0.05) is 0 Å². The Hall–Kier alpha value is -2.69. The summed E-state index contributed by atoms with van der Waals surface area (Å²) < 4.78 is 19.6. The van der Waals surface area contributed by atoms with Crippen LogP contribution in [0.1, 0.15) is 37.8 Å². The molecular weight excluding hydrogens is 319 g/mol. The molecule has 130 valence electrons. The first-order valence-electron chi connectivity index (χ1n) is 8.41. The van der Waals surface area contributed by atoms with E-state index in [0.29, 0.717) is 29.4 Å². The summed E-state index contributed by atoms with van der Waals surface area (Å²) in [6.07, 6.45) is 0.678. The zero-order chi connectivity index (χ0) is 17.8. The standard InChI is InChI=1S/C20H21FN2O2/c1-13(2)11-17(20-23-16-9-5-6-10-18(16)25-20)22-19(24)12-14-7-3-4-8-15(14)21/h3-10,13,17H,11-12H2,1-2H3,(H,22,24)/t17-/m0/s1. The van der Waals surface area contributed by atoms with Crippen LogP contribution in [0.4, 0.5) is 4.39 Å². The van der Waals surface area contributed by atoms with Crippen molar-refractivity contribution >= 4 is 17.0 Å². The van der Waals surface area contributed by atoms with Gasteiger partial charge in [0.25, 0.3) is 0 Å². The summed E-state index contributed by atoms with van der Waals surface area (Å²) in [6, 6.07) is 13.4. The first kappa shape index (κ1) is 17.1. The van der Waals surface area contributed by atoms with Crippen LogP contribution in [-0.2, 0) is 11.2 Å². The molecule has 5 heteroatoms. The highest BCUT2D eigenvalue weighted by atomic mass is 19.1. The molecule has 1 aromatic heterocycles. The number of oxazole rings is 1. The minimum atomic E-state index is -0.375. The number of hydrogen-bond donors (Lipinski definition) is 1. The van der Waals surface area contributed by atoms with Crippen molar-refractivity contribution in [2.45, 2.75) is 32.7 Å². The molecule has 0 unspecified atom stereocenters. The number of benzene rings is 2. The number of halogens is 1. The fraction of sp³-hybridized carbons (Fsp3) is 0.300. The number of carbonyl (C=O) groups is 1. The molecule has 1 N–H and O–H groups in total. The van der Waals surface area contributed by atoms with Crippen molar-refractivity contribution < 1.29 is 13.6 Å². The Labute approximate surface area is 146 Å². The molecule has 1 atom stereocenters. The summed E-state index contributed by atoms with van der Waals surface area (Å²) in [5, 5.41) is 2.94. The number of para-hydroxylation sites is 2. The van der Waals surface area contributed by atoms with Gasteiger partial charge in [-0.1, -0.05) is 44.2 Å². The van der Waals surface area contributed by atoms with Crippen molar-refractivity contribution in [3.05, 3.63) is 65.8 Å². The lowest BCUT2D eigenvalue weighted by molar-refractivity contribution is -0.121. The van der Waals surface area contributed by atoms with E-state index in [-0.39, 0.29) is 24.2 Å². The average Bonchev–Trinajstić information content (AvgIpc) is 3.00. The summed E-state index contributed by atoms with van der Waals surface area (Å²) in [6.45, 7) is 4.14. The van der Waals surface area contributed by atoms with Gasteiger partial charge in [0.1, 0.15) is 17.4 Å². The van der Waals surface area contributed by atoms with E-state index in [1.165, 1.54) is 6.07 Å². The molecule has 0 aliphatic carbocycles. The van der Waals surface area contributed by atoms with Crippen LogP contribution < -0.4 is 5.32 Å². The molecule has 4 nitrogen and oxygen atoms in total. The SMILES string of the molecule is CC(C)C[C@H](NC(=O)Cc1ccccc1F)c1nc2ccccc2o1. The Morgan fingerprint density at radius 1 is 1.16 bits per heavy atom. The molecule has 0 saturated carbocycles. The predicted octanol–water partition coefficient (Wildman–Crippen LogP) is 4.41. The van der Waals surface area contributed by atoms with E-state index in [4.69, 9.17) is 4.42 Å². The second-order valence-corrected chi connectivity index (χ2v) is 6.54. The Morgan fingerprint density at radius 2 is 1.88 bits per heavy atom. The van der Waals surface area contributed by atoms with Crippen LogP contribution in [0, 0.1) is 11.7 Å². The highest BCUT2D eigenvalue weighted by molar-refractivity contribution is 5.79. The smallest absolute Gasteiger partial charge is 0.225 e. The summed E-state index contributed by atoms with van der Waals surface area (Å²) in [5.74, 6) is 0.198. The minimum Gasteiger partial charge on any atom is -0.438 e. The van der Waals surface area contributed by atoms with Crippen molar-refractivity contribution in [3.63, 3.8) is 0 Å². The van der Waals surface area contributed by atoms with Crippen LogP contribution in [0.15, 0.2) is 52.9 Å². The maximum Gasteiger partial charge on any atom is 0.225 e. The van der Waals surface area contributed by atoms with E-state index < -0.39 is 0 Å². The number of nitrogens with one attached hydrogen (secondary N) is 1. The van der Waals surface area contributed by atoms with Gasteiger partial charge in [0.15, 0.2) is 5.58 Å². The number of aromatic nitrogens is 1. The lowest BCUT2D eigenvalue weighted by Gasteiger charge is -2.17. The topological polar surface area (TPSA) is 55.1 Å². The van der Waals surface area contributed by atoms with Gasteiger partial charge in [-0.2, -0.15) is 0 Å². The Kier molecular flexibility index (Phi) is 5.12. The van der Waals surface area contributed by atoms with Crippen molar-refractivity contribution in [1.82, 2.24) is 10.3 Å². The van der Waals surface area contributed by atoms with Gasteiger partial charge in [-0.25, -0.2) is 9.37 Å². The lowest BCUT2D eigenvalue weighted by Crippen LogP contribution is -2.31. The van der Waals surface area contributed by atoms with Crippen LogP contribution in [0.5, 0.6) is 0 Å². The van der Waals surface area contributed by atoms with Crippen molar-refractivity contribution in [3.8, 4) is 0 Å². The Balaban J connectivity index is 1.78. The zero-order valence-electron chi connectivity index (χ0n) is 14.3. The number of nitrogens with zero attached hydrogens (tertiary/aromatic N) is 1. The first-order chi connectivity index (χ1) is 12.0. The first-order valence-corrected chi connectivity index (χ1v) is 8.41. The van der Waals surface area contributed by atoms with E-state index in [0.717, 1.165) is 5.52 Å². The van der Waals surface area contributed by atoms with Crippen molar-refractivity contribution in [2.75, 3.05) is 0 Å². The van der Waals surface area contributed by atoms with Crippen LogP contribution >= 0.6 is 0 Å². The molecule has 3 aromatic rings. The third-order valence-electron chi connectivity index (χ3n) is 3.96. The van der Waals surface area contributed by atoms with Crippen LogP contribution in [0.3, 0.4) is 0 Å². The van der Waals surface area contributed by atoms with E-state index in [9.17, 15) is 9.18 Å². The minimum absolute atomic E-state index is 0.0124. The average molecular weight is 340 g/mol. The van der Waals surface area contributed by atoms with Gasteiger partial charge in [-0.05, 0) is 36.1 Å². The maximum absolute atomic E-state index is 13.7. The normalized spacial score (nSPS) is 12.5. The van der Waals surface area contributed by atoms with Crippen LogP contribution in [-0.4, -0.2) is 10.9 Å². The second-order valence-electron chi connectivity index (χ2n) is 6.54. The highest BCUT2D eigenvalue weighted by Crippen LogP contribution is 2.25. The number of hydrogen-bond acceptors (Lipinski definition) is 3. The van der Waals surface area contributed by atoms with E-state index in [1.54, 1.807) is 18.2 Å². The molecule has 2 aromatic carbocycles.